The summed E-state index contributed by atoms with van der Waals surface area (Å²) in [5.74, 6) is -2.96. The van der Waals surface area contributed by atoms with E-state index < -0.39 is 23.6 Å². The third-order valence-electron chi connectivity index (χ3n) is 3.31. The topological polar surface area (TPSA) is 86.6 Å². The summed E-state index contributed by atoms with van der Waals surface area (Å²) in [6.07, 6.45) is 1.45. The maximum atomic E-state index is 13.5. The van der Waals surface area contributed by atoms with Gasteiger partial charge in [-0.2, -0.15) is 0 Å². The first-order chi connectivity index (χ1) is 8.97. The third kappa shape index (κ3) is 3.01. The third-order valence-corrected chi connectivity index (χ3v) is 3.31. The normalized spacial score (nSPS) is 22.2. The molecular weight excluding hydrogens is 253 g/mol. The van der Waals surface area contributed by atoms with Crippen LogP contribution < -0.4 is 5.32 Å². The molecule has 0 bridgehead atoms. The molecule has 3 N–H and O–H groups in total. The Morgan fingerprint density at radius 1 is 1.32 bits per heavy atom. The molecule has 19 heavy (non-hydrogen) atoms. The molecule has 0 radical (unpaired) electrons. The van der Waals surface area contributed by atoms with Crippen LogP contribution in [0.25, 0.3) is 0 Å². The monoisotopic (exact) mass is 267 g/mol. The molecule has 0 unspecified atom stereocenters. The number of amides is 1. The number of carboxylic acid groups (broad SMARTS) is 1. The smallest absolute Gasteiger partial charge is 0.306 e. The van der Waals surface area contributed by atoms with Crippen molar-refractivity contribution in [3.8, 4) is 5.75 Å². The van der Waals surface area contributed by atoms with E-state index >= 15 is 0 Å². The second kappa shape index (κ2) is 5.26. The quantitative estimate of drug-likeness (QED) is 0.774. The Bertz CT molecular complexity index is 517. The van der Waals surface area contributed by atoms with Crippen LogP contribution in [0, 0.1) is 11.7 Å². The van der Waals surface area contributed by atoms with E-state index in [9.17, 15) is 14.0 Å². The fraction of sp³-hybridized carbons (Fsp3) is 0.385. The van der Waals surface area contributed by atoms with Crippen molar-refractivity contribution < 1.29 is 24.2 Å². The van der Waals surface area contributed by atoms with Crippen molar-refractivity contribution in [2.75, 3.05) is 0 Å². The molecule has 1 aromatic rings. The highest BCUT2D eigenvalue weighted by atomic mass is 19.1. The van der Waals surface area contributed by atoms with Gasteiger partial charge in [0.05, 0.1) is 11.5 Å². The van der Waals surface area contributed by atoms with Gasteiger partial charge in [0.1, 0.15) is 11.6 Å². The molecular formula is C13H14FNO4. The van der Waals surface area contributed by atoms with Gasteiger partial charge in [-0.25, -0.2) is 4.39 Å². The van der Waals surface area contributed by atoms with Gasteiger partial charge < -0.3 is 15.5 Å². The summed E-state index contributed by atoms with van der Waals surface area (Å²) < 4.78 is 13.5. The number of halogens is 1. The van der Waals surface area contributed by atoms with Gasteiger partial charge in [0, 0.05) is 12.1 Å². The largest absolute Gasteiger partial charge is 0.508 e. The van der Waals surface area contributed by atoms with Crippen molar-refractivity contribution in [3.05, 3.63) is 29.6 Å². The van der Waals surface area contributed by atoms with Gasteiger partial charge in [0.15, 0.2) is 0 Å². The molecule has 5 nitrogen and oxygen atoms in total. The van der Waals surface area contributed by atoms with Crippen LogP contribution in [-0.4, -0.2) is 28.1 Å². The minimum atomic E-state index is -0.868. The maximum Gasteiger partial charge on any atom is 0.306 e. The zero-order valence-corrected chi connectivity index (χ0v) is 10.1. The number of carbonyl (C=O) groups is 2. The van der Waals surface area contributed by atoms with Crippen LogP contribution in [-0.2, 0) is 4.79 Å². The van der Waals surface area contributed by atoms with Crippen LogP contribution in [0.15, 0.2) is 18.2 Å². The molecule has 1 aliphatic carbocycles. The summed E-state index contributed by atoms with van der Waals surface area (Å²) in [6, 6.07) is 3.04. The number of carbonyl (C=O) groups excluding carboxylic acids is 1. The lowest BCUT2D eigenvalue weighted by Crippen LogP contribution is -2.33. The summed E-state index contributed by atoms with van der Waals surface area (Å²) in [5, 5.41) is 20.5. The van der Waals surface area contributed by atoms with E-state index in [2.05, 4.69) is 5.32 Å². The van der Waals surface area contributed by atoms with Crippen LogP contribution in [0.2, 0.25) is 0 Å². The second-order valence-corrected chi connectivity index (χ2v) is 4.68. The summed E-state index contributed by atoms with van der Waals surface area (Å²) in [7, 11) is 0. The van der Waals surface area contributed by atoms with E-state index in [1.54, 1.807) is 0 Å². The lowest BCUT2D eigenvalue weighted by Gasteiger charge is -2.12. The Morgan fingerprint density at radius 2 is 2.05 bits per heavy atom. The molecule has 1 fully saturated rings. The Hall–Kier alpha value is -2.11. The Morgan fingerprint density at radius 3 is 2.63 bits per heavy atom. The van der Waals surface area contributed by atoms with E-state index in [1.807, 2.05) is 0 Å². The molecule has 2 rings (SSSR count). The average molecular weight is 267 g/mol. The van der Waals surface area contributed by atoms with Gasteiger partial charge in [0.2, 0.25) is 0 Å². The van der Waals surface area contributed by atoms with Crippen LogP contribution in [0.1, 0.15) is 29.6 Å². The molecule has 102 valence electrons. The van der Waals surface area contributed by atoms with Gasteiger partial charge in [-0.15, -0.1) is 0 Å². The molecule has 1 aliphatic rings. The van der Waals surface area contributed by atoms with Crippen LogP contribution >= 0.6 is 0 Å². The van der Waals surface area contributed by atoms with E-state index in [0.29, 0.717) is 19.3 Å². The number of aliphatic carboxylic acids is 1. The molecule has 1 aromatic carbocycles. The highest BCUT2D eigenvalue weighted by molar-refractivity contribution is 5.94. The molecule has 0 aromatic heterocycles. The maximum absolute atomic E-state index is 13.5. The molecule has 2 atom stereocenters. The van der Waals surface area contributed by atoms with Gasteiger partial charge >= 0.3 is 5.97 Å². The summed E-state index contributed by atoms with van der Waals surface area (Å²) in [6.45, 7) is 0. The predicted molar refractivity (Wildman–Crippen MR) is 64.3 cm³/mol. The number of aromatic hydroxyl groups is 1. The average Bonchev–Trinajstić information content (AvgIpc) is 2.77. The van der Waals surface area contributed by atoms with Crippen molar-refractivity contribution in [2.45, 2.75) is 25.3 Å². The van der Waals surface area contributed by atoms with E-state index in [0.717, 1.165) is 6.07 Å². The highest BCUT2D eigenvalue weighted by Gasteiger charge is 2.31. The minimum Gasteiger partial charge on any atom is -0.508 e. The van der Waals surface area contributed by atoms with E-state index in [-0.39, 0.29) is 17.4 Å². The molecule has 0 aliphatic heterocycles. The van der Waals surface area contributed by atoms with Crippen LogP contribution in [0.4, 0.5) is 4.39 Å². The standard InChI is InChI=1S/C13H14FNO4/c14-11-6-9(16)3-4-10(11)12(17)15-8-2-1-7(5-8)13(18)19/h3-4,6-8,16H,1-2,5H2,(H,15,17)(H,18,19)/t7-,8+/m1/s1. The molecule has 1 saturated carbocycles. The fourth-order valence-electron chi connectivity index (χ4n) is 2.29. The number of phenolic OH excluding ortho intramolecular Hbond substituents is 1. The molecule has 0 saturated heterocycles. The predicted octanol–water partition coefficient (Wildman–Crippen LogP) is 1.51. The first-order valence-electron chi connectivity index (χ1n) is 5.99. The van der Waals surface area contributed by atoms with Crippen molar-refractivity contribution in [1.29, 1.82) is 0 Å². The van der Waals surface area contributed by atoms with Crippen LogP contribution in [0.5, 0.6) is 5.75 Å². The summed E-state index contributed by atoms with van der Waals surface area (Å²) >= 11 is 0. The minimum absolute atomic E-state index is 0.156. The van der Waals surface area contributed by atoms with Gasteiger partial charge in [0.25, 0.3) is 5.91 Å². The molecule has 0 spiro atoms. The van der Waals surface area contributed by atoms with Crippen molar-refractivity contribution in [3.63, 3.8) is 0 Å². The number of carboxylic acids is 1. The molecule has 6 heteroatoms. The lowest BCUT2D eigenvalue weighted by atomic mass is 10.1. The number of hydrogen-bond acceptors (Lipinski definition) is 3. The van der Waals surface area contributed by atoms with Crippen LogP contribution in [0.3, 0.4) is 0 Å². The summed E-state index contributed by atoms with van der Waals surface area (Å²) in [5.41, 5.74) is -0.156. The lowest BCUT2D eigenvalue weighted by molar-refractivity contribution is -0.141. The van der Waals surface area contributed by atoms with E-state index in [1.165, 1.54) is 12.1 Å². The number of rotatable bonds is 3. The highest BCUT2D eigenvalue weighted by Crippen LogP contribution is 2.26. The Labute approximate surface area is 109 Å². The first kappa shape index (κ1) is 13.3. The Balaban J connectivity index is 2.00. The zero-order valence-electron chi connectivity index (χ0n) is 10.1. The number of phenols is 1. The van der Waals surface area contributed by atoms with Crippen molar-refractivity contribution in [2.24, 2.45) is 5.92 Å². The summed E-state index contributed by atoms with van der Waals surface area (Å²) in [4.78, 5) is 22.6. The second-order valence-electron chi connectivity index (χ2n) is 4.68. The number of hydrogen-bond donors (Lipinski definition) is 3. The fourth-order valence-corrected chi connectivity index (χ4v) is 2.29. The molecule has 1 amide bonds. The van der Waals surface area contributed by atoms with Gasteiger partial charge in [-0.3, -0.25) is 9.59 Å². The van der Waals surface area contributed by atoms with Gasteiger partial charge in [-0.1, -0.05) is 0 Å². The van der Waals surface area contributed by atoms with Gasteiger partial charge in [-0.05, 0) is 31.4 Å². The van der Waals surface area contributed by atoms with Crippen molar-refractivity contribution >= 4 is 11.9 Å². The SMILES string of the molecule is O=C(N[C@H]1CC[C@@H](C(=O)O)C1)c1ccc(O)cc1F. The number of benzene rings is 1. The first-order valence-corrected chi connectivity index (χ1v) is 5.99. The molecule has 0 heterocycles. The zero-order chi connectivity index (χ0) is 14.0. The number of nitrogens with one attached hydrogen (secondary N) is 1. The van der Waals surface area contributed by atoms with Crippen molar-refractivity contribution in [1.82, 2.24) is 5.32 Å². The Kier molecular flexibility index (Phi) is 3.69. The van der Waals surface area contributed by atoms with E-state index in [4.69, 9.17) is 10.2 Å².